The lowest BCUT2D eigenvalue weighted by molar-refractivity contribution is 0.262. The molecule has 2 heterocycles. The summed E-state index contributed by atoms with van der Waals surface area (Å²) in [5.41, 5.74) is 7.31. The fraction of sp³-hybridized carbons (Fsp3) is 0.167. The highest BCUT2D eigenvalue weighted by Crippen LogP contribution is 2.42. The van der Waals surface area contributed by atoms with Crippen LogP contribution in [0.4, 0.5) is 26.5 Å². The number of nitrogens with zero attached hydrogens (tertiary/aromatic N) is 3. The molecule has 0 bridgehead atoms. The first-order chi connectivity index (χ1) is 16.1. The number of nitrogen functional groups attached to an aromatic ring is 1. The van der Waals surface area contributed by atoms with Crippen LogP contribution in [0, 0.1) is 5.82 Å². The van der Waals surface area contributed by atoms with Gasteiger partial charge in [0.2, 0.25) is 5.95 Å². The molecule has 0 aliphatic heterocycles. The molecule has 0 fully saturated rings. The molecule has 4 N–H and O–H groups in total. The SMILES string of the molecule is CC(C)(C)c1nc(-c2ccnc(N)n2)c(-c2cccc(NC(=O)Nc3cccc(Cl)c3)c2F)s1. The van der Waals surface area contributed by atoms with Gasteiger partial charge in [-0.25, -0.2) is 24.1 Å². The third-order valence-corrected chi connectivity index (χ3v) is 6.51. The van der Waals surface area contributed by atoms with Gasteiger partial charge in [0.15, 0.2) is 5.82 Å². The number of hydrogen-bond donors (Lipinski definition) is 3. The third-order valence-electron chi connectivity index (χ3n) is 4.76. The number of nitrogens with two attached hydrogens (primary N) is 1. The van der Waals surface area contributed by atoms with Crippen LogP contribution in [-0.2, 0) is 5.41 Å². The molecular formula is C24H22ClFN6OS. The zero-order chi connectivity index (χ0) is 24.5. The van der Waals surface area contributed by atoms with E-state index in [2.05, 4.69) is 20.6 Å². The molecule has 4 rings (SSSR count). The van der Waals surface area contributed by atoms with Crippen molar-refractivity contribution in [1.29, 1.82) is 0 Å². The monoisotopic (exact) mass is 496 g/mol. The third kappa shape index (κ3) is 5.16. The lowest BCUT2D eigenvalue weighted by Crippen LogP contribution is -2.20. The number of urea groups is 1. The molecule has 0 saturated heterocycles. The van der Waals surface area contributed by atoms with Crippen molar-refractivity contribution >= 4 is 46.3 Å². The number of benzene rings is 2. The number of thiazole rings is 1. The van der Waals surface area contributed by atoms with Crippen molar-refractivity contribution in [1.82, 2.24) is 15.0 Å². The number of rotatable bonds is 4. The minimum absolute atomic E-state index is 0.0240. The van der Waals surface area contributed by atoms with Gasteiger partial charge in [0, 0.05) is 27.9 Å². The molecule has 2 amide bonds. The normalized spacial score (nSPS) is 11.3. The minimum atomic E-state index is -0.596. The van der Waals surface area contributed by atoms with E-state index in [1.807, 2.05) is 20.8 Å². The number of hydrogen-bond acceptors (Lipinski definition) is 6. The second kappa shape index (κ2) is 9.36. The van der Waals surface area contributed by atoms with E-state index < -0.39 is 11.8 Å². The highest BCUT2D eigenvalue weighted by molar-refractivity contribution is 7.15. The topological polar surface area (TPSA) is 106 Å². The predicted molar refractivity (Wildman–Crippen MR) is 136 cm³/mol. The second-order valence-corrected chi connectivity index (χ2v) is 9.94. The van der Waals surface area contributed by atoms with Crippen molar-refractivity contribution in [2.75, 3.05) is 16.4 Å². The van der Waals surface area contributed by atoms with Gasteiger partial charge >= 0.3 is 6.03 Å². The number of halogens is 2. The molecular weight excluding hydrogens is 475 g/mol. The Kier molecular flexibility index (Phi) is 6.49. The summed E-state index contributed by atoms with van der Waals surface area (Å²) in [5.74, 6) is -0.488. The van der Waals surface area contributed by atoms with Crippen molar-refractivity contribution in [2.45, 2.75) is 26.2 Å². The Morgan fingerprint density at radius 2 is 1.85 bits per heavy atom. The van der Waals surface area contributed by atoms with E-state index in [1.54, 1.807) is 42.5 Å². The number of anilines is 3. The van der Waals surface area contributed by atoms with E-state index in [-0.39, 0.29) is 17.1 Å². The maximum atomic E-state index is 15.7. The molecule has 2 aromatic carbocycles. The van der Waals surface area contributed by atoms with Gasteiger partial charge in [0.25, 0.3) is 0 Å². The van der Waals surface area contributed by atoms with Gasteiger partial charge in [0.1, 0.15) is 5.69 Å². The largest absolute Gasteiger partial charge is 0.368 e. The van der Waals surface area contributed by atoms with E-state index in [1.165, 1.54) is 23.6 Å². The van der Waals surface area contributed by atoms with Crippen LogP contribution in [0.1, 0.15) is 25.8 Å². The quantitative estimate of drug-likeness (QED) is 0.296. The fourth-order valence-electron chi connectivity index (χ4n) is 3.16. The van der Waals surface area contributed by atoms with Gasteiger partial charge in [0.05, 0.1) is 21.3 Å². The first-order valence-corrected chi connectivity index (χ1v) is 11.5. The van der Waals surface area contributed by atoms with E-state index in [0.29, 0.717) is 32.5 Å². The maximum absolute atomic E-state index is 15.7. The second-order valence-electron chi connectivity index (χ2n) is 8.50. The van der Waals surface area contributed by atoms with Crippen LogP contribution in [0.2, 0.25) is 5.02 Å². The van der Waals surface area contributed by atoms with Crippen molar-refractivity contribution in [3.05, 3.63) is 70.6 Å². The van der Waals surface area contributed by atoms with Crippen molar-refractivity contribution < 1.29 is 9.18 Å². The molecule has 2 aromatic heterocycles. The number of nitrogens with one attached hydrogen (secondary N) is 2. The summed E-state index contributed by atoms with van der Waals surface area (Å²) >= 11 is 7.33. The number of carbonyl (C=O) groups is 1. The molecule has 0 saturated carbocycles. The Morgan fingerprint density at radius 1 is 1.09 bits per heavy atom. The first kappa shape index (κ1) is 23.6. The van der Waals surface area contributed by atoms with E-state index in [4.69, 9.17) is 22.3 Å². The number of aromatic nitrogens is 3. The summed E-state index contributed by atoms with van der Waals surface area (Å²) in [4.78, 5) is 26.0. The average Bonchev–Trinajstić information content (AvgIpc) is 3.21. The predicted octanol–water partition coefficient (Wildman–Crippen LogP) is 6.58. The zero-order valence-corrected chi connectivity index (χ0v) is 20.3. The Bertz CT molecular complexity index is 1370. The fourth-order valence-corrected chi connectivity index (χ4v) is 4.50. The van der Waals surface area contributed by atoms with E-state index in [9.17, 15) is 4.79 Å². The molecule has 0 atom stereocenters. The van der Waals surface area contributed by atoms with Crippen LogP contribution in [0.25, 0.3) is 21.8 Å². The Labute approximate surface area is 205 Å². The van der Waals surface area contributed by atoms with Gasteiger partial charge in [-0.05, 0) is 30.3 Å². The molecule has 10 heteroatoms. The average molecular weight is 497 g/mol. The summed E-state index contributed by atoms with van der Waals surface area (Å²) in [6, 6.07) is 12.6. The maximum Gasteiger partial charge on any atom is 0.323 e. The Balaban J connectivity index is 1.72. The van der Waals surface area contributed by atoms with Gasteiger partial charge in [-0.3, -0.25) is 0 Å². The van der Waals surface area contributed by atoms with Crippen LogP contribution < -0.4 is 16.4 Å². The summed E-state index contributed by atoms with van der Waals surface area (Å²) in [6.07, 6.45) is 1.53. The summed E-state index contributed by atoms with van der Waals surface area (Å²) < 4.78 is 15.7. The van der Waals surface area contributed by atoms with Gasteiger partial charge in [-0.1, -0.05) is 50.6 Å². The smallest absolute Gasteiger partial charge is 0.323 e. The van der Waals surface area contributed by atoms with Crippen LogP contribution in [0.5, 0.6) is 0 Å². The standard InChI is InChI=1S/C24H22ClFN6OS/c1-24(2,3)21-32-19(17-10-11-28-22(27)30-17)20(34-21)15-8-5-9-16(18(15)26)31-23(33)29-14-7-4-6-13(25)12-14/h4-12H,1-3H3,(H2,27,28,30)(H2,29,31,33). The van der Waals surface area contributed by atoms with Crippen LogP contribution >= 0.6 is 22.9 Å². The summed E-state index contributed by atoms with van der Waals surface area (Å²) in [7, 11) is 0. The van der Waals surface area contributed by atoms with Crippen LogP contribution in [0.15, 0.2) is 54.7 Å². The van der Waals surface area contributed by atoms with E-state index in [0.717, 1.165) is 5.01 Å². The van der Waals surface area contributed by atoms with Gasteiger partial charge < -0.3 is 16.4 Å². The zero-order valence-electron chi connectivity index (χ0n) is 18.7. The number of carbonyl (C=O) groups excluding carboxylic acids is 1. The lowest BCUT2D eigenvalue weighted by Gasteiger charge is -2.13. The molecule has 0 aliphatic rings. The number of amides is 2. The Hall–Kier alpha value is -3.56. The molecule has 4 aromatic rings. The molecule has 0 spiro atoms. The minimum Gasteiger partial charge on any atom is -0.368 e. The van der Waals surface area contributed by atoms with Gasteiger partial charge in [-0.15, -0.1) is 11.3 Å². The molecule has 7 nitrogen and oxygen atoms in total. The molecule has 0 radical (unpaired) electrons. The highest BCUT2D eigenvalue weighted by Gasteiger charge is 2.26. The van der Waals surface area contributed by atoms with Crippen molar-refractivity contribution in [3.8, 4) is 21.8 Å². The highest BCUT2D eigenvalue weighted by atomic mass is 35.5. The molecule has 174 valence electrons. The Morgan fingerprint density at radius 3 is 2.56 bits per heavy atom. The molecule has 0 aliphatic carbocycles. The first-order valence-electron chi connectivity index (χ1n) is 10.3. The lowest BCUT2D eigenvalue weighted by atomic mass is 9.98. The van der Waals surface area contributed by atoms with Crippen LogP contribution in [-0.4, -0.2) is 21.0 Å². The van der Waals surface area contributed by atoms with Crippen molar-refractivity contribution in [3.63, 3.8) is 0 Å². The molecule has 0 unspecified atom stereocenters. The summed E-state index contributed by atoms with van der Waals surface area (Å²) in [5, 5.41) is 6.49. The molecule has 34 heavy (non-hydrogen) atoms. The summed E-state index contributed by atoms with van der Waals surface area (Å²) in [6.45, 7) is 6.09. The van der Waals surface area contributed by atoms with Crippen LogP contribution in [0.3, 0.4) is 0 Å². The van der Waals surface area contributed by atoms with Gasteiger partial charge in [-0.2, -0.15) is 0 Å². The van der Waals surface area contributed by atoms with Crippen molar-refractivity contribution in [2.24, 2.45) is 0 Å². The van der Waals surface area contributed by atoms with E-state index >= 15 is 4.39 Å².